The van der Waals surface area contributed by atoms with Gasteiger partial charge < -0.3 is 5.11 Å². The summed E-state index contributed by atoms with van der Waals surface area (Å²) in [5, 5.41) is 9.11. The lowest BCUT2D eigenvalue weighted by molar-refractivity contribution is 0.0876. The molecule has 0 aliphatic carbocycles. The zero-order valence-corrected chi connectivity index (χ0v) is 12.3. The standard InChI is InChI=1S/C16H23ClO2/c1-2-3-4-5-9-12-14(18)15(17)16(19)13-10-7-6-8-11-13/h6-8,10-11,14-15,18H,2-5,9,12H2,1H3. The van der Waals surface area contributed by atoms with Crippen LogP contribution in [0, 0.1) is 0 Å². The Morgan fingerprint density at radius 2 is 1.79 bits per heavy atom. The van der Waals surface area contributed by atoms with Gasteiger partial charge in [0.25, 0.3) is 0 Å². The van der Waals surface area contributed by atoms with Crippen molar-refractivity contribution in [2.24, 2.45) is 0 Å². The van der Waals surface area contributed by atoms with Crippen molar-refractivity contribution < 1.29 is 9.90 Å². The van der Waals surface area contributed by atoms with E-state index >= 15 is 0 Å². The normalized spacial score (nSPS) is 14.1. The van der Waals surface area contributed by atoms with Gasteiger partial charge in [0.1, 0.15) is 5.38 Å². The van der Waals surface area contributed by atoms with Crippen molar-refractivity contribution in [2.75, 3.05) is 0 Å². The first kappa shape index (κ1) is 16.2. The first-order valence-electron chi connectivity index (χ1n) is 7.08. The van der Waals surface area contributed by atoms with Crippen LogP contribution in [0.5, 0.6) is 0 Å². The molecule has 2 unspecified atom stereocenters. The van der Waals surface area contributed by atoms with Crippen molar-refractivity contribution in [3.8, 4) is 0 Å². The van der Waals surface area contributed by atoms with Gasteiger partial charge in [-0.25, -0.2) is 0 Å². The molecule has 106 valence electrons. The van der Waals surface area contributed by atoms with Gasteiger partial charge in [-0.3, -0.25) is 4.79 Å². The van der Waals surface area contributed by atoms with E-state index in [4.69, 9.17) is 11.6 Å². The number of Topliss-reactive ketones (excluding diaryl/α,β-unsaturated/α-hetero) is 1. The second-order valence-electron chi connectivity index (χ2n) is 4.90. The molecule has 2 nitrogen and oxygen atoms in total. The number of carbonyl (C=O) groups excluding carboxylic acids is 1. The summed E-state index contributed by atoms with van der Waals surface area (Å²) in [6.45, 7) is 2.17. The smallest absolute Gasteiger partial charge is 0.183 e. The lowest BCUT2D eigenvalue weighted by Crippen LogP contribution is -2.29. The van der Waals surface area contributed by atoms with E-state index in [0.717, 1.165) is 12.8 Å². The van der Waals surface area contributed by atoms with Crippen molar-refractivity contribution >= 4 is 17.4 Å². The Kier molecular flexibility index (Phi) is 7.76. The molecule has 0 saturated carbocycles. The summed E-state index contributed by atoms with van der Waals surface area (Å²) in [7, 11) is 0. The Hall–Kier alpha value is -0.860. The minimum Gasteiger partial charge on any atom is -0.391 e. The fourth-order valence-electron chi connectivity index (χ4n) is 2.04. The minimum atomic E-state index is -0.839. The average molecular weight is 283 g/mol. The molecule has 0 spiro atoms. The topological polar surface area (TPSA) is 37.3 Å². The van der Waals surface area contributed by atoms with Gasteiger partial charge in [-0.1, -0.05) is 69.4 Å². The number of aliphatic hydroxyl groups excluding tert-OH is 1. The van der Waals surface area contributed by atoms with Crippen LogP contribution < -0.4 is 0 Å². The highest BCUT2D eigenvalue weighted by Gasteiger charge is 2.24. The quantitative estimate of drug-likeness (QED) is 0.419. The second kappa shape index (κ2) is 9.11. The molecule has 1 aromatic carbocycles. The molecule has 0 bridgehead atoms. The van der Waals surface area contributed by atoms with Gasteiger partial charge in [-0.05, 0) is 6.42 Å². The molecule has 0 amide bonds. The van der Waals surface area contributed by atoms with Gasteiger partial charge >= 0.3 is 0 Å². The molecule has 0 saturated heterocycles. The molecular weight excluding hydrogens is 260 g/mol. The average Bonchev–Trinajstić information content (AvgIpc) is 2.46. The number of benzene rings is 1. The number of alkyl halides is 1. The fraction of sp³-hybridized carbons (Fsp3) is 0.562. The Morgan fingerprint density at radius 1 is 1.16 bits per heavy atom. The molecular formula is C16H23ClO2. The van der Waals surface area contributed by atoms with Gasteiger partial charge in [-0.2, -0.15) is 0 Å². The summed E-state index contributed by atoms with van der Waals surface area (Å²) in [5.41, 5.74) is 0.563. The van der Waals surface area contributed by atoms with Crippen molar-refractivity contribution in [2.45, 2.75) is 56.9 Å². The third kappa shape index (κ3) is 5.75. The third-order valence-electron chi connectivity index (χ3n) is 3.25. The van der Waals surface area contributed by atoms with E-state index in [1.807, 2.05) is 6.07 Å². The lowest BCUT2D eigenvalue weighted by Gasteiger charge is -2.15. The number of aliphatic hydroxyl groups is 1. The summed E-state index contributed by atoms with van der Waals surface area (Å²) in [5.74, 6) is -0.191. The number of hydrogen-bond donors (Lipinski definition) is 1. The van der Waals surface area contributed by atoms with Crippen LogP contribution in [0.4, 0.5) is 0 Å². The SMILES string of the molecule is CCCCCCCC(O)C(Cl)C(=O)c1ccccc1. The van der Waals surface area contributed by atoms with Crippen molar-refractivity contribution in [1.82, 2.24) is 0 Å². The van der Waals surface area contributed by atoms with Gasteiger partial charge in [0.2, 0.25) is 0 Å². The molecule has 1 N–H and O–H groups in total. The van der Waals surface area contributed by atoms with E-state index < -0.39 is 11.5 Å². The highest BCUT2D eigenvalue weighted by Crippen LogP contribution is 2.17. The van der Waals surface area contributed by atoms with E-state index in [2.05, 4.69) is 6.92 Å². The molecule has 1 rings (SSSR count). The van der Waals surface area contributed by atoms with Crippen molar-refractivity contribution in [3.05, 3.63) is 35.9 Å². The predicted octanol–water partition coefficient (Wildman–Crippen LogP) is 4.20. The van der Waals surface area contributed by atoms with Gasteiger partial charge in [0.05, 0.1) is 6.10 Å². The summed E-state index contributed by atoms with van der Waals surface area (Å²) < 4.78 is 0. The van der Waals surface area contributed by atoms with Crippen LogP contribution >= 0.6 is 11.6 Å². The number of rotatable bonds is 9. The fourth-order valence-corrected chi connectivity index (χ4v) is 2.29. The number of carbonyl (C=O) groups is 1. The molecule has 0 aromatic heterocycles. The molecule has 0 aliphatic rings. The highest BCUT2D eigenvalue weighted by molar-refractivity contribution is 6.34. The zero-order chi connectivity index (χ0) is 14.1. The monoisotopic (exact) mass is 282 g/mol. The molecule has 1 aromatic rings. The molecule has 0 radical (unpaired) electrons. The summed E-state index contributed by atoms with van der Waals surface area (Å²) in [6, 6.07) is 8.91. The van der Waals surface area contributed by atoms with E-state index in [9.17, 15) is 9.90 Å². The maximum absolute atomic E-state index is 12.0. The van der Waals surface area contributed by atoms with Crippen molar-refractivity contribution in [3.63, 3.8) is 0 Å². The Balaban J connectivity index is 2.35. The molecule has 2 atom stereocenters. The highest BCUT2D eigenvalue weighted by atomic mass is 35.5. The van der Waals surface area contributed by atoms with Crippen LogP contribution in [-0.2, 0) is 0 Å². The Morgan fingerprint density at radius 3 is 2.42 bits per heavy atom. The first-order chi connectivity index (χ1) is 9.16. The van der Waals surface area contributed by atoms with Gasteiger partial charge in [0, 0.05) is 5.56 Å². The van der Waals surface area contributed by atoms with E-state index in [1.165, 1.54) is 19.3 Å². The first-order valence-corrected chi connectivity index (χ1v) is 7.52. The maximum Gasteiger partial charge on any atom is 0.183 e. The lowest BCUT2D eigenvalue weighted by atomic mass is 10.0. The van der Waals surface area contributed by atoms with E-state index in [0.29, 0.717) is 12.0 Å². The third-order valence-corrected chi connectivity index (χ3v) is 3.74. The zero-order valence-electron chi connectivity index (χ0n) is 11.5. The Labute approximate surface area is 120 Å². The summed E-state index contributed by atoms with van der Waals surface area (Å²) >= 11 is 6.06. The van der Waals surface area contributed by atoms with Crippen LogP contribution in [0.1, 0.15) is 55.8 Å². The van der Waals surface area contributed by atoms with Gasteiger partial charge in [0.15, 0.2) is 5.78 Å². The molecule has 19 heavy (non-hydrogen) atoms. The van der Waals surface area contributed by atoms with Crippen molar-refractivity contribution in [1.29, 1.82) is 0 Å². The minimum absolute atomic E-state index is 0.191. The molecule has 0 fully saturated rings. The number of halogens is 1. The molecule has 0 heterocycles. The molecule has 3 heteroatoms. The van der Waals surface area contributed by atoms with Crippen LogP contribution in [0.3, 0.4) is 0 Å². The number of hydrogen-bond acceptors (Lipinski definition) is 2. The van der Waals surface area contributed by atoms with E-state index in [1.54, 1.807) is 24.3 Å². The second-order valence-corrected chi connectivity index (χ2v) is 5.37. The van der Waals surface area contributed by atoms with Crippen LogP contribution in [0.2, 0.25) is 0 Å². The summed E-state index contributed by atoms with van der Waals surface area (Å²) in [4.78, 5) is 12.0. The van der Waals surface area contributed by atoms with Crippen LogP contribution in [-0.4, -0.2) is 22.4 Å². The molecule has 0 aliphatic heterocycles. The Bertz CT molecular complexity index is 364. The maximum atomic E-state index is 12.0. The van der Waals surface area contributed by atoms with E-state index in [-0.39, 0.29) is 5.78 Å². The largest absolute Gasteiger partial charge is 0.391 e. The van der Waals surface area contributed by atoms with Gasteiger partial charge in [-0.15, -0.1) is 11.6 Å². The summed E-state index contributed by atoms with van der Waals surface area (Å²) in [6.07, 6.45) is 5.46. The predicted molar refractivity (Wildman–Crippen MR) is 79.8 cm³/mol. The van der Waals surface area contributed by atoms with Crippen LogP contribution in [0.15, 0.2) is 30.3 Å². The number of ketones is 1. The number of unbranched alkanes of at least 4 members (excludes halogenated alkanes) is 4. The van der Waals surface area contributed by atoms with Crippen LogP contribution in [0.25, 0.3) is 0 Å².